The second kappa shape index (κ2) is 9.63. The summed E-state index contributed by atoms with van der Waals surface area (Å²) in [6.45, 7) is 0.356. The minimum atomic E-state index is -4.61. The van der Waals surface area contributed by atoms with Crippen LogP contribution < -0.4 is 19.5 Å². The maximum atomic E-state index is 13.1. The van der Waals surface area contributed by atoms with Crippen molar-refractivity contribution in [2.24, 2.45) is 0 Å². The highest BCUT2D eigenvalue weighted by Crippen LogP contribution is 2.40. The van der Waals surface area contributed by atoms with Crippen LogP contribution in [0.2, 0.25) is 0 Å². The number of halogens is 3. The molecule has 1 N–H and O–H groups in total. The smallest absolute Gasteiger partial charge is 0.418 e. The zero-order chi connectivity index (χ0) is 23.3. The predicted molar refractivity (Wildman–Crippen MR) is 111 cm³/mol. The number of nitrogens with zero attached hydrogens (tertiary/aromatic N) is 1. The number of alkyl halides is 3. The molecule has 2 amide bonds. The SMILES string of the molecule is COc1cc(/C=C/C(=O)N(C)CC(=O)Nc2ccccc2C(F)(F)F)cc2c1OCCO2. The molecule has 2 aromatic carbocycles. The van der Waals surface area contributed by atoms with Crippen LogP contribution in [0.1, 0.15) is 11.1 Å². The molecule has 0 spiro atoms. The highest BCUT2D eigenvalue weighted by atomic mass is 19.4. The summed E-state index contributed by atoms with van der Waals surface area (Å²) in [6.07, 6.45) is -1.86. The van der Waals surface area contributed by atoms with Gasteiger partial charge in [0.15, 0.2) is 11.5 Å². The number of hydrogen-bond acceptors (Lipinski definition) is 5. The average molecular weight is 450 g/mol. The first-order valence-electron chi connectivity index (χ1n) is 9.56. The van der Waals surface area contributed by atoms with Gasteiger partial charge in [0, 0.05) is 13.1 Å². The van der Waals surface area contributed by atoms with Crippen LogP contribution in [0, 0.1) is 0 Å². The van der Waals surface area contributed by atoms with Crippen LogP contribution in [0.15, 0.2) is 42.5 Å². The monoisotopic (exact) mass is 450 g/mol. The second-order valence-electron chi connectivity index (χ2n) is 6.87. The molecule has 0 aliphatic carbocycles. The van der Waals surface area contributed by atoms with Crippen molar-refractivity contribution in [3.8, 4) is 17.2 Å². The summed E-state index contributed by atoms with van der Waals surface area (Å²) < 4.78 is 55.5. The molecule has 0 atom stereocenters. The minimum Gasteiger partial charge on any atom is -0.493 e. The summed E-state index contributed by atoms with van der Waals surface area (Å²) in [5.74, 6) is 0.143. The maximum Gasteiger partial charge on any atom is 0.418 e. The molecule has 0 fully saturated rings. The van der Waals surface area contributed by atoms with Crippen LogP contribution in [0.3, 0.4) is 0 Å². The normalized spacial score (nSPS) is 13.0. The lowest BCUT2D eigenvalue weighted by atomic mass is 10.1. The molecule has 170 valence electrons. The first-order chi connectivity index (χ1) is 15.2. The number of likely N-dealkylation sites (N-methyl/N-ethyl adjacent to an activating group) is 1. The minimum absolute atomic E-state index is 0.371. The summed E-state index contributed by atoms with van der Waals surface area (Å²) in [4.78, 5) is 25.6. The molecule has 0 radical (unpaired) electrons. The Bertz CT molecular complexity index is 1020. The number of nitrogens with one attached hydrogen (secondary N) is 1. The lowest BCUT2D eigenvalue weighted by Gasteiger charge is -2.21. The highest BCUT2D eigenvalue weighted by Gasteiger charge is 2.33. The average Bonchev–Trinajstić information content (AvgIpc) is 2.76. The van der Waals surface area contributed by atoms with Crippen molar-refractivity contribution in [2.45, 2.75) is 6.18 Å². The molecule has 0 aromatic heterocycles. The lowest BCUT2D eigenvalue weighted by molar-refractivity contribution is -0.137. The van der Waals surface area contributed by atoms with Gasteiger partial charge in [-0.25, -0.2) is 0 Å². The fourth-order valence-corrected chi connectivity index (χ4v) is 3.01. The third kappa shape index (κ3) is 5.51. The number of amides is 2. The summed E-state index contributed by atoms with van der Waals surface area (Å²) in [5.41, 5.74) is -0.726. The van der Waals surface area contributed by atoms with E-state index in [-0.39, 0.29) is 5.69 Å². The quantitative estimate of drug-likeness (QED) is 0.681. The fourth-order valence-electron chi connectivity index (χ4n) is 3.01. The Morgan fingerprint density at radius 1 is 1.19 bits per heavy atom. The number of benzene rings is 2. The Balaban J connectivity index is 1.64. The van der Waals surface area contributed by atoms with Crippen LogP contribution in [-0.4, -0.2) is 50.6 Å². The van der Waals surface area contributed by atoms with Gasteiger partial charge in [-0.15, -0.1) is 0 Å². The molecule has 0 saturated heterocycles. The van der Waals surface area contributed by atoms with Crippen molar-refractivity contribution in [3.63, 3.8) is 0 Å². The van der Waals surface area contributed by atoms with Gasteiger partial charge in [0.1, 0.15) is 13.2 Å². The number of hydrogen-bond donors (Lipinski definition) is 1. The van der Waals surface area contributed by atoms with Crippen LogP contribution in [0.5, 0.6) is 17.2 Å². The highest BCUT2D eigenvalue weighted by molar-refractivity contribution is 5.98. The van der Waals surface area contributed by atoms with E-state index < -0.39 is 30.1 Å². The molecule has 3 rings (SSSR count). The Hall–Kier alpha value is -3.69. The van der Waals surface area contributed by atoms with Gasteiger partial charge in [0.2, 0.25) is 17.6 Å². The molecule has 32 heavy (non-hydrogen) atoms. The summed E-state index contributed by atoms with van der Waals surface area (Å²) in [5, 5.41) is 2.20. The van der Waals surface area contributed by atoms with E-state index in [0.717, 1.165) is 17.0 Å². The molecular weight excluding hydrogens is 429 g/mol. The zero-order valence-corrected chi connectivity index (χ0v) is 17.4. The van der Waals surface area contributed by atoms with Crippen molar-refractivity contribution >= 4 is 23.6 Å². The van der Waals surface area contributed by atoms with E-state index in [1.165, 1.54) is 38.4 Å². The second-order valence-corrected chi connectivity index (χ2v) is 6.87. The van der Waals surface area contributed by atoms with E-state index in [9.17, 15) is 22.8 Å². The van der Waals surface area contributed by atoms with Crippen LogP contribution >= 0.6 is 0 Å². The van der Waals surface area contributed by atoms with Gasteiger partial charge in [-0.1, -0.05) is 12.1 Å². The summed E-state index contributed by atoms with van der Waals surface area (Å²) >= 11 is 0. The van der Waals surface area contributed by atoms with E-state index in [0.29, 0.717) is 36.0 Å². The zero-order valence-electron chi connectivity index (χ0n) is 17.4. The van der Waals surface area contributed by atoms with Crippen molar-refractivity contribution in [1.82, 2.24) is 4.90 Å². The fraction of sp³-hybridized carbons (Fsp3) is 0.273. The van der Waals surface area contributed by atoms with Gasteiger partial charge in [-0.2, -0.15) is 13.2 Å². The van der Waals surface area contributed by atoms with Gasteiger partial charge in [0.25, 0.3) is 0 Å². The molecule has 10 heteroatoms. The number of carbonyl (C=O) groups excluding carboxylic acids is 2. The number of methoxy groups -OCH3 is 1. The van der Waals surface area contributed by atoms with Crippen LogP contribution in [-0.2, 0) is 15.8 Å². The van der Waals surface area contributed by atoms with E-state index in [1.807, 2.05) is 0 Å². The molecule has 0 unspecified atom stereocenters. The number of rotatable bonds is 6. The van der Waals surface area contributed by atoms with E-state index in [4.69, 9.17) is 14.2 Å². The first kappa shape index (κ1) is 23.0. The number of fused-ring (bicyclic) bond motifs is 1. The molecule has 1 heterocycles. The van der Waals surface area contributed by atoms with Gasteiger partial charge < -0.3 is 24.4 Å². The number of anilines is 1. The van der Waals surface area contributed by atoms with Crippen molar-refractivity contribution in [3.05, 3.63) is 53.6 Å². The van der Waals surface area contributed by atoms with E-state index >= 15 is 0 Å². The maximum absolute atomic E-state index is 13.1. The summed E-state index contributed by atoms with van der Waals surface area (Å²) in [7, 11) is 2.85. The third-order valence-corrected chi connectivity index (χ3v) is 4.53. The van der Waals surface area contributed by atoms with Gasteiger partial charge in [-0.3, -0.25) is 9.59 Å². The molecule has 2 aromatic rings. The van der Waals surface area contributed by atoms with Crippen molar-refractivity contribution in [2.75, 3.05) is 39.2 Å². The molecular formula is C22H21F3N2O5. The Morgan fingerprint density at radius 2 is 1.91 bits per heavy atom. The van der Waals surface area contributed by atoms with Crippen LogP contribution in [0.4, 0.5) is 18.9 Å². The Morgan fingerprint density at radius 3 is 2.62 bits per heavy atom. The van der Waals surface area contributed by atoms with Crippen molar-refractivity contribution in [1.29, 1.82) is 0 Å². The molecule has 1 aliphatic heterocycles. The Kier molecular flexibility index (Phi) is 6.92. The van der Waals surface area contributed by atoms with E-state index in [2.05, 4.69) is 5.32 Å². The largest absolute Gasteiger partial charge is 0.493 e. The Labute approximate surface area is 182 Å². The first-order valence-corrected chi connectivity index (χ1v) is 9.56. The number of carbonyl (C=O) groups is 2. The predicted octanol–water partition coefficient (Wildman–Crippen LogP) is 3.60. The van der Waals surface area contributed by atoms with E-state index in [1.54, 1.807) is 12.1 Å². The van der Waals surface area contributed by atoms with Crippen molar-refractivity contribution < 1.29 is 37.0 Å². The topological polar surface area (TPSA) is 77.1 Å². The third-order valence-electron chi connectivity index (χ3n) is 4.53. The van der Waals surface area contributed by atoms with Gasteiger partial charge in [0.05, 0.1) is 24.9 Å². The lowest BCUT2D eigenvalue weighted by Crippen LogP contribution is -2.34. The molecule has 7 nitrogen and oxygen atoms in total. The number of ether oxygens (including phenoxy) is 3. The molecule has 1 aliphatic rings. The van der Waals surface area contributed by atoms with Gasteiger partial charge in [-0.05, 0) is 35.9 Å². The number of para-hydroxylation sites is 1. The van der Waals surface area contributed by atoms with Crippen LogP contribution in [0.25, 0.3) is 6.08 Å². The molecule has 0 bridgehead atoms. The standard InChI is InChI=1S/C22H21F3N2O5/c1-27(13-19(28)26-16-6-4-3-5-15(16)22(23,24)25)20(29)8-7-14-11-17(30-2)21-18(12-14)31-9-10-32-21/h3-8,11-12H,9-10,13H2,1-2H3,(H,26,28)/b8-7+. The summed E-state index contributed by atoms with van der Waals surface area (Å²) in [6, 6.07) is 7.97. The molecule has 0 saturated carbocycles. The van der Waals surface area contributed by atoms with Gasteiger partial charge >= 0.3 is 6.18 Å².